The highest BCUT2D eigenvalue weighted by molar-refractivity contribution is 9.10. The number of rotatable bonds is 3. The molecular weight excluding hydrogens is 360 g/mol. The molecule has 1 N–H and O–H groups in total. The molecule has 0 unspecified atom stereocenters. The summed E-state index contributed by atoms with van der Waals surface area (Å²) in [5, 5.41) is 3.03. The lowest BCUT2D eigenvalue weighted by atomic mass is 10.3. The molecule has 3 heterocycles. The molecule has 122 valence electrons. The van der Waals surface area contributed by atoms with Gasteiger partial charge in [-0.05, 0) is 35.1 Å². The van der Waals surface area contributed by atoms with Crippen molar-refractivity contribution in [2.24, 2.45) is 7.05 Å². The summed E-state index contributed by atoms with van der Waals surface area (Å²) in [5.41, 5.74) is 0.557. The quantitative estimate of drug-likeness (QED) is 0.871. The van der Waals surface area contributed by atoms with Gasteiger partial charge in [-0.1, -0.05) is 0 Å². The Hall–Kier alpha value is -1.93. The summed E-state index contributed by atoms with van der Waals surface area (Å²) >= 11 is 3.29. The van der Waals surface area contributed by atoms with Gasteiger partial charge in [0.1, 0.15) is 10.4 Å². The van der Waals surface area contributed by atoms with E-state index in [4.69, 9.17) is 0 Å². The highest BCUT2D eigenvalue weighted by atomic mass is 79.9. The molecule has 2 aromatic heterocycles. The van der Waals surface area contributed by atoms with Gasteiger partial charge in [-0.2, -0.15) is 0 Å². The van der Waals surface area contributed by atoms with E-state index in [-0.39, 0.29) is 11.4 Å². The predicted octanol–water partition coefficient (Wildman–Crippen LogP) is 1.43. The zero-order valence-electron chi connectivity index (χ0n) is 13.2. The van der Waals surface area contributed by atoms with Crippen LogP contribution in [-0.4, -0.2) is 52.7 Å². The number of likely N-dealkylation sites (N-methyl/N-ethyl adjacent to an activating group) is 1. The first-order chi connectivity index (χ1) is 11.0. The molecule has 1 aliphatic heterocycles. The minimum atomic E-state index is -0.184. The minimum absolute atomic E-state index is 0.184. The average Bonchev–Trinajstić information content (AvgIpc) is 2.54. The van der Waals surface area contributed by atoms with Gasteiger partial charge in [-0.25, -0.2) is 9.97 Å². The van der Waals surface area contributed by atoms with Crippen molar-refractivity contribution < 1.29 is 0 Å². The summed E-state index contributed by atoms with van der Waals surface area (Å²) in [6, 6.07) is 3.89. The molecule has 0 amide bonds. The first-order valence-corrected chi connectivity index (χ1v) is 8.22. The predicted molar refractivity (Wildman–Crippen MR) is 94.4 cm³/mol. The zero-order chi connectivity index (χ0) is 16.4. The van der Waals surface area contributed by atoms with Crippen molar-refractivity contribution in [1.29, 1.82) is 0 Å². The normalized spacial score (nSPS) is 15.7. The van der Waals surface area contributed by atoms with E-state index in [2.05, 4.69) is 48.1 Å². The fraction of sp³-hybridized carbons (Fsp3) is 0.400. The maximum atomic E-state index is 12.1. The smallest absolute Gasteiger partial charge is 0.293 e. The van der Waals surface area contributed by atoms with Crippen molar-refractivity contribution in [1.82, 2.24) is 19.4 Å². The van der Waals surface area contributed by atoms with E-state index in [1.54, 1.807) is 19.4 Å². The maximum absolute atomic E-state index is 12.1. The van der Waals surface area contributed by atoms with E-state index >= 15 is 0 Å². The van der Waals surface area contributed by atoms with E-state index in [0.29, 0.717) is 4.60 Å². The van der Waals surface area contributed by atoms with Gasteiger partial charge in [0, 0.05) is 39.4 Å². The van der Waals surface area contributed by atoms with Crippen LogP contribution in [0.4, 0.5) is 17.3 Å². The second-order valence-corrected chi connectivity index (χ2v) is 6.46. The molecule has 3 rings (SSSR count). The first kappa shape index (κ1) is 15.9. The molecular formula is C15H19BrN6O. The SMILES string of the molecule is CN1CCN(c2ccc(Nc3nc(Br)cn(C)c3=O)cn2)CC1. The summed E-state index contributed by atoms with van der Waals surface area (Å²) in [6.07, 6.45) is 3.36. The van der Waals surface area contributed by atoms with Crippen LogP contribution in [0.5, 0.6) is 0 Å². The zero-order valence-corrected chi connectivity index (χ0v) is 14.7. The van der Waals surface area contributed by atoms with Crippen LogP contribution >= 0.6 is 15.9 Å². The second-order valence-electron chi connectivity index (χ2n) is 5.65. The lowest BCUT2D eigenvalue weighted by Crippen LogP contribution is -2.44. The van der Waals surface area contributed by atoms with E-state index < -0.39 is 0 Å². The van der Waals surface area contributed by atoms with Crippen molar-refractivity contribution in [3.05, 3.63) is 39.5 Å². The van der Waals surface area contributed by atoms with Crippen LogP contribution in [0.3, 0.4) is 0 Å². The van der Waals surface area contributed by atoms with Crippen LogP contribution in [0.2, 0.25) is 0 Å². The minimum Gasteiger partial charge on any atom is -0.354 e. The largest absolute Gasteiger partial charge is 0.354 e. The van der Waals surface area contributed by atoms with Crippen molar-refractivity contribution in [3.8, 4) is 0 Å². The third kappa shape index (κ3) is 3.70. The van der Waals surface area contributed by atoms with Gasteiger partial charge in [0.25, 0.3) is 5.56 Å². The summed E-state index contributed by atoms with van der Waals surface area (Å²) in [6.45, 7) is 4.04. The van der Waals surface area contributed by atoms with Crippen molar-refractivity contribution >= 4 is 33.3 Å². The number of halogens is 1. The molecule has 1 aliphatic rings. The van der Waals surface area contributed by atoms with E-state index in [1.165, 1.54) is 4.57 Å². The third-order valence-electron chi connectivity index (χ3n) is 3.88. The molecule has 1 fully saturated rings. The Labute approximate surface area is 143 Å². The van der Waals surface area contributed by atoms with E-state index in [1.807, 2.05) is 12.1 Å². The van der Waals surface area contributed by atoms with Crippen LogP contribution in [0.25, 0.3) is 0 Å². The van der Waals surface area contributed by atoms with Crippen LogP contribution < -0.4 is 15.8 Å². The summed E-state index contributed by atoms with van der Waals surface area (Å²) < 4.78 is 2.08. The highest BCUT2D eigenvalue weighted by Crippen LogP contribution is 2.18. The number of pyridine rings is 1. The van der Waals surface area contributed by atoms with Gasteiger partial charge in [0.05, 0.1) is 11.9 Å². The van der Waals surface area contributed by atoms with Gasteiger partial charge < -0.3 is 19.7 Å². The molecule has 2 aromatic rings. The number of aromatic nitrogens is 3. The number of nitrogens with one attached hydrogen (secondary N) is 1. The molecule has 0 atom stereocenters. The molecule has 0 spiro atoms. The summed E-state index contributed by atoms with van der Waals surface area (Å²) in [4.78, 5) is 25.3. The standard InChI is InChI=1S/C15H19BrN6O/c1-20-5-7-22(8-6-20)13-4-3-11(9-17-13)18-14-15(23)21(2)10-12(16)19-14/h3-4,9-10H,5-8H2,1-2H3,(H,18,19). The van der Waals surface area contributed by atoms with Gasteiger partial charge in [-0.3, -0.25) is 4.79 Å². The Balaban J connectivity index is 1.74. The van der Waals surface area contributed by atoms with E-state index in [0.717, 1.165) is 37.7 Å². The Morgan fingerprint density at radius 2 is 1.91 bits per heavy atom. The summed E-state index contributed by atoms with van der Waals surface area (Å²) in [7, 11) is 3.82. The molecule has 1 saturated heterocycles. The fourth-order valence-electron chi connectivity index (χ4n) is 2.47. The topological polar surface area (TPSA) is 66.3 Å². The number of anilines is 3. The van der Waals surface area contributed by atoms with Crippen LogP contribution in [0.15, 0.2) is 33.9 Å². The van der Waals surface area contributed by atoms with Gasteiger partial charge >= 0.3 is 0 Å². The monoisotopic (exact) mass is 378 g/mol. The van der Waals surface area contributed by atoms with Gasteiger partial charge in [0.15, 0.2) is 5.82 Å². The lowest BCUT2D eigenvalue weighted by Gasteiger charge is -2.33. The molecule has 0 aromatic carbocycles. The van der Waals surface area contributed by atoms with Crippen LogP contribution in [0, 0.1) is 0 Å². The highest BCUT2D eigenvalue weighted by Gasteiger charge is 2.15. The third-order valence-corrected chi connectivity index (χ3v) is 4.26. The average molecular weight is 379 g/mol. The summed E-state index contributed by atoms with van der Waals surface area (Å²) in [5.74, 6) is 1.23. The van der Waals surface area contributed by atoms with Gasteiger partial charge in [-0.15, -0.1) is 0 Å². The number of piperazine rings is 1. The van der Waals surface area contributed by atoms with Crippen molar-refractivity contribution in [2.45, 2.75) is 0 Å². The van der Waals surface area contributed by atoms with Crippen molar-refractivity contribution in [2.75, 3.05) is 43.4 Å². The molecule has 0 bridgehead atoms. The molecule has 0 aliphatic carbocycles. The molecule has 8 heteroatoms. The van der Waals surface area contributed by atoms with E-state index in [9.17, 15) is 4.79 Å². The Morgan fingerprint density at radius 3 is 2.57 bits per heavy atom. The Kier molecular flexibility index (Phi) is 4.63. The number of hydrogen-bond acceptors (Lipinski definition) is 6. The molecule has 23 heavy (non-hydrogen) atoms. The maximum Gasteiger partial charge on any atom is 0.293 e. The molecule has 7 nitrogen and oxygen atoms in total. The Morgan fingerprint density at radius 1 is 1.17 bits per heavy atom. The van der Waals surface area contributed by atoms with Crippen LogP contribution in [-0.2, 0) is 7.05 Å². The van der Waals surface area contributed by atoms with Crippen molar-refractivity contribution in [3.63, 3.8) is 0 Å². The van der Waals surface area contributed by atoms with Crippen LogP contribution in [0.1, 0.15) is 0 Å². The number of hydrogen-bond donors (Lipinski definition) is 1. The lowest BCUT2D eigenvalue weighted by molar-refractivity contribution is 0.312. The van der Waals surface area contributed by atoms with Gasteiger partial charge in [0.2, 0.25) is 0 Å². The molecule has 0 saturated carbocycles. The molecule has 0 radical (unpaired) electrons. The number of nitrogens with zero attached hydrogens (tertiary/aromatic N) is 5. The second kappa shape index (κ2) is 6.67. The first-order valence-electron chi connectivity index (χ1n) is 7.42. The Bertz CT molecular complexity index is 737. The fourth-order valence-corrected chi connectivity index (χ4v) is 2.95. The number of aryl methyl sites for hydroxylation is 1.